The Morgan fingerprint density at radius 1 is 1.25 bits per heavy atom. The van der Waals surface area contributed by atoms with Gasteiger partial charge in [-0.1, -0.05) is 51.1 Å². The molecule has 0 saturated heterocycles. The molecule has 172 valence electrons. The second kappa shape index (κ2) is 10.7. The molecule has 1 aliphatic heterocycles. The number of carbonyl (C=O) groups excluding carboxylic acids is 2. The van der Waals surface area contributed by atoms with Crippen LogP contribution in [-0.4, -0.2) is 47.1 Å². The minimum absolute atomic E-state index is 0.0344. The Bertz CT molecular complexity index is 945. The first kappa shape index (κ1) is 24.5. The number of hydrogen-bond acceptors (Lipinski definition) is 3. The normalized spacial score (nSPS) is 15.9. The number of thiophene rings is 1. The van der Waals surface area contributed by atoms with Gasteiger partial charge >= 0.3 is 0 Å². The van der Waals surface area contributed by atoms with Crippen molar-refractivity contribution >= 4 is 34.8 Å². The Morgan fingerprint density at radius 2 is 1.97 bits per heavy atom. The summed E-state index contributed by atoms with van der Waals surface area (Å²) in [7, 11) is 0. The van der Waals surface area contributed by atoms with Gasteiger partial charge in [-0.3, -0.25) is 9.59 Å². The van der Waals surface area contributed by atoms with Gasteiger partial charge in [-0.25, -0.2) is 0 Å². The van der Waals surface area contributed by atoms with E-state index in [9.17, 15) is 9.59 Å². The van der Waals surface area contributed by atoms with Crippen LogP contribution in [0.25, 0.3) is 0 Å². The van der Waals surface area contributed by atoms with Crippen LogP contribution in [0, 0.1) is 0 Å². The zero-order valence-corrected chi connectivity index (χ0v) is 20.8. The standard InChI is InChI=1S/C26H33ClN2O2S/c1-5-15-28(23(30)7-6-14-27)18-24(31)29-16-12-22-21(13-17-32-22)25(29)19-8-10-20(11-9-19)26(2,3)4/h5,8-11,13,17,25H,1,6-7,12,14-16,18H2,2-4H3. The Morgan fingerprint density at radius 3 is 2.59 bits per heavy atom. The molecule has 3 rings (SSSR count). The highest BCUT2D eigenvalue weighted by Gasteiger charge is 2.34. The maximum atomic E-state index is 13.5. The van der Waals surface area contributed by atoms with Crippen LogP contribution < -0.4 is 0 Å². The molecule has 1 unspecified atom stereocenters. The van der Waals surface area contributed by atoms with Crippen LogP contribution in [0.2, 0.25) is 0 Å². The first-order valence-electron chi connectivity index (χ1n) is 11.2. The average Bonchev–Trinajstić information content (AvgIpc) is 3.24. The molecule has 1 aromatic heterocycles. The molecule has 1 aromatic carbocycles. The van der Waals surface area contributed by atoms with Crippen molar-refractivity contribution in [2.75, 3.05) is 25.5 Å². The molecule has 0 radical (unpaired) electrons. The van der Waals surface area contributed by atoms with E-state index in [1.807, 2.05) is 4.90 Å². The van der Waals surface area contributed by atoms with Gasteiger partial charge in [-0.05, 0) is 46.4 Å². The first-order valence-corrected chi connectivity index (χ1v) is 12.6. The van der Waals surface area contributed by atoms with Crippen molar-refractivity contribution in [2.45, 2.75) is 51.5 Å². The predicted octanol–water partition coefficient (Wildman–Crippen LogP) is 5.55. The van der Waals surface area contributed by atoms with Crippen LogP contribution in [-0.2, 0) is 21.4 Å². The molecule has 4 nitrogen and oxygen atoms in total. The lowest BCUT2D eigenvalue weighted by Crippen LogP contribution is -2.46. The van der Waals surface area contributed by atoms with Gasteiger partial charge in [0.2, 0.25) is 11.8 Å². The van der Waals surface area contributed by atoms with E-state index in [0.29, 0.717) is 31.8 Å². The number of rotatable bonds is 8. The monoisotopic (exact) mass is 472 g/mol. The molecule has 0 N–H and O–H groups in total. The molecule has 32 heavy (non-hydrogen) atoms. The summed E-state index contributed by atoms with van der Waals surface area (Å²) in [5.41, 5.74) is 3.64. The zero-order valence-electron chi connectivity index (χ0n) is 19.3. The van der Waals surface area contributed by atoms with Crippen molar-refractivity contribution < 1.29 is 9.59 Å². The van der Waals surface area contributed by atoms with E-state index < -0.39 is 0 Å². The van der Waals surface area contributed by atoms with Gasteiger partial charge in [0.25, 0.3) is 0 Å². The lowest BCUT2D eigenvalue weighted by atomic mass is 9.85. The second-order valence-electron chi connectivity index (χ2n) is 9.27. The van der Waals surface area contributed by atoms with Gasteiger partial charge in [0.15, 0.2) is 0 Å². The third-order valence-electron chi connectivity index (χ3n) is 5.93. The molecule has 0 spiro atoms. The van der Waals surface area contributed by atoms with Crippen LogP contribution in [0.4, 0.5) is 0 Å². The number of nitrogens with zero attached hydrogens (tertiary/aromatic N) is 2. The largest absolute Gasteiger partial charge is 0.330 e. The van der Waals surface area contributed by atoms with Gasteiger partial charge in [-0.2, -0.15) is 0 Å². The molecule has 0 saturated carbocycles. The van der Waals surface area contributed by atoms with E-state index in [4.69, 9.17) is 11.6 Å². The molecule has 0 aliphatic carbocycles. The highest BCUT2D eigenvalue weighted by Crippen LogP contribution is 2.38. The van der Waals surface area contributed by atoms with Crippen molar-refractivity contribution in [3.8, 4) is 0 Å². The maximum Gasteiger partial charge on any atom is 0.243 e. The van der Waals surface area contributed by atoms with Crippen LogP contribution in [0.1, 0.15) is 61.2 Å². The summed E-state index contributed by atoms with van der Waals surface area (Å²) >= 11 is 7.51. The Hall–Kier alpha value is -2.11. The fourth-order valence-electron chi connectivity index (χ4n) is 4.15. The first-order chi connectivity index (χ1) is 15.3. The van der Waals surface area contributed by atoms with E-state index in [1.165, 1.54) is 16.0 Å². The van der Waals surface area contributed by atoms with Crippen molar-refractivity contribution in [3.63, 3.8) is 0 Å². The van der Waals surface area contributed by atoms with E-state index in [-0.39, 0.29) is 29.8 Å². The molecule has 2 amide bonds. The Balaban J connectivity index is 1.87. The maximum absolute atomic E-state index is 13.5. The smallest absolute Gasteiger partial charge is 0.243 e. The van der Waals surface area contributed by atoms with E-state index in [1.54, 1.807) is 22.3 Å². The minimum Gasteiger partial charge on any atom is -0.330 e. The summed E-state index contributed by atoms with van der Waals surface area (Å²) < 4.78 is 0. The van der Waals surface area contributed by atoms with Crippen molar-refractivity contribution in [2.24, 2.45) is 0 Å². The highest BCUT2D eigenvalue weighted by atomic mass is 35.5. The molecule has 1 aliphatic rings. The van der Waals surface area contributed by atoms with Gasteiger partial charge in [0.05, 0.1) is 6.04 Å². The van der Waals surface area contributed by atoms with Crippen LogP contribution in [0.5, 0.6) is 0 Å². The topological polar surface area (TPSA) is 40.6 Å². The van der Waals surface area contributed by atoms with Gasteiger partial charge in [-0.15, -0.1) is 29.5 Å². The SMILES string of the molecule is C=CCN(CC(=O)N1CCc2sccc2C1c1ccc(C(C)(C)C)cc1)C(=O)CCCCl. The summed E-state index contributed by atoms with van der Waals surface area (Å²) in [6.07, 6.45) is 3.46. The van der Waals surface area contributed by atoms with Crippen LogP contribution in [0.15, 0.2) is 48.4 Å². The predicted molar refractivity (Wildman–Crippen MR) is 133 cm³/mol. The molecular formula is C26H33ClN2O2S. The molecule has 2 heterocycles. The summed E-state index contributed by atoms with van der Waals surface area (Å²) in [5, 5.41) is 2.11. The van der Waals surface area contributed by atoms with Gasteiger partial charge in [0, 0.05) is 30.3 Å². The quantitative estimate of drug-likeness (QED) is 0.373. The number of carbonyl (C=O) groups is 2. The number of fused-ring (bicyclic) bond motifs is 1. The van der Waals surface area contributed by atoms with Crippen molar-refractivity contribution in [1.29, 1.82) is 0 Å². The summed E-state index contributed by atoms with van der Waals surface area (Å²) in [6.45, 7) is 11.4. The van der Waals surface area contributed by atoms with Crippen LogP contribution in [0.3, 0.4) is 0 Å². The van der Waals surface area contributed by atoms with E-state index in [0.717, 1.165) is 12.0 Å². The second-order valence-corrected chi connectivity index (χ2v) is 10.6. The summed E-state index contributed by atoms with van der Waals surface area (Å²) in [5.74, 6) is 0.340. The number of benzene rings is 1. The average molecular weight is 473 g/mol. The third kappa shape index (κ3) is 5.62. The summed E-state index contributed by atoms with van der Waals surface area (Å²) in [6, 6.07) is 10.6. The van der Waals surface area contributed by atoms with Crippen molar-refractivity contribution in [3.05, 3.63) is 69.9 Å². The molecule has 0 bridgehead atoms. The van der Waals surface area contributed by atoms with Gasteiger partial charge < -0.3 is 9.80 Å². The fraction of sp³-hybridized carbons (Fsp3) is 0.462. The Kier molecular flexibility index (Phi) is 8.18. The summed E-state index contributed by atoms with van der Waals surface area (Å²) in [4.78, 5) is 30.9. The molecule has 2 aromatic rings. The molecule has 0 fully saturated rings. The fourth-order valence-corrected chi connectivity index (χ4v) is 5.19. The van der Waals surface area contributed by atoms with Crippen LogP contribution >= 0.6 is 22.9 Å². The Labute approximate surface area is 200 Å². The molecule has 6 heteroatoms. The number of alkyl halides is 1. The zero-order chi connectivity index (χ0) is 23.3. The molecule has 1 atom stereocenters. The van der Waals surface area contributed by atoms with E-state index >= 15 is 0 Å². The third-order valence-corrected chi connectivity index (χ3v) is 7.20. The lowest BCUT2D eigenvalue weighted by molar-refractivity contribution is -0.141. The number of hydrogen-bond donors (Lipinski definition) is 0. The van der Waals surface area contributed by atoms with Crippen molar-refractivity contribution in [1.82, 2.24) is 9.80 Å². The lowest BCUT2D eigenvalue weighted by Gasteiger charge is -2.37. The number of amides is 2. The number of halogens is 1. The molecular weight excluding hydrogens is 440 g/mol. The highest BCUT2D eigenvalue weighted by molar-refractivity contribution is 7.10. The van der Waals surface area contributed by atoms with E-state index in [2.05, 4.69) is 63.1 Å². The van der Waals surface area contributed by atoms with Gasteiger partial charge in [0.1, 0.15) is 6.54 Å². The minimum atomic E-state index is -0.130.